The highest BCUT2D eigenvalue weighted by atomic mass is 32.1. The summed E-state index contributed by atoms with van der Waals surface area (Å²) in [6.45, 7) is 8.84. The van der Waals surface area contributed by atoms with Gasteiger partial charge in [-0.3, -0.25) is 0 Å². The molecule has 0 aliphatic heterocycles. The molecule has 0 amide bonds. The number of hydrogen-bond donors (Lipinski definition) is 1. The summed E-state index contributed by atoms with van der Waals surface area (Å²) in [7, 11) is 3.77. The van der Waals surface area contributed by atoms with E-state index in [2.05, 4.69) is 25.7 Å². The van der Waals surface area contributed by atoms with Crippen LogP contribution in [0, 0.1) is 24.7 Å². The Labute approximate surface area is 216 Å². The summed E-state index contributed by atoms with van der Waals surface area (Å²) < 4.78 is 17.6. The summed E-state index contributed by atoms with van der Waals surface area (Å²) in [5.74, 6) is 2.00. The molecule has 1 atom stereocenters. The van der Waals surface area contributed by atoms with E-state index in [0.29, 0.717) is 29.4 Å². The average molecular weight is 510 g/mol. The zero-order valence-electron chi connectivity index (χ0n) is 22.8. The van der Waals surface area contributed by atoms with Crippen LogP contribution in [-0.2, 0) is 4.74 Å². The number of anilines is 1. The third-order valence-corrected chi connectivity index (χ3v) is 8.88. The van der Waals surface area contributed by atoms with Gasteiger partial charge in [0.25, 0.3) is 0 Å². The van der Waals surface area contributed by atoms with Crippen molar-refractivity contribution in [2.45, 2.75) is 110 Å². The molecular weight excluding hydrogens is 461 g/mol. The van der Waals surface area contributed by atoms with Gasteiger partial charge in [0.1, 0.15) is 4.88 Å². The molecule has 1 N–H and O–H groups in total. The van der Waals surface area contributed by atoms with Gasteiger partial charge in [-0.15, -0.1) is 11.3 Å². The van der Waals surface area contributed by atoms with Gasteiger partial charge in [-0.1, -0.05) is 52.5 Å². The van der Waals surface area contributed by atoms with E-state index < -0.39 is 5.97 Å². The summed E-state index contributed by atoms with van der Waals surface area (Å²) in [6, 6.07) is 2.40. The largest absolute Gasteiger partial charge is 0.477 e. The second kappa shape index (κ2) is 15.0. The van der Waals surface area contributed by atoms with Gasteiger partial charge >= 0.3 is 5.97 Å². The average Bonchev–Trinajstić information content (AvgIpc) is 3.25. The molecule has 4 rings (SSSR count). The standard InChI is InChI=1S/C14H21NO3S.C8H16.C7H11F/c1-9-8-12(13(19-9)14(16)17)15(2)10-4-6-11(18-3)7-5-10;1-7-3-5-8(2)6-4-7;1-6-2-4-7(8)5-3-6/h8,10-11H,4-7H2,1-3H3,(H,16,17);7-8H,3-6H2,1-2H3;4,6H,2-3,5H2,1H3. The smallest absolute Gasteiger partial charge is 0.348 e. The Hall–Kier alpha value is -1.40. The molecule has 3 aliphatic rings. The predicted octanol–water partition coefficient (Wildman–Crippen LogP) is 8.64. The molecule has 200 valence electrons. The summed E-state index contributed by atoms with van der Waals surface area (Å²) in [4.78, 5) is 14.9. The lowest BCUT2D eigenvalue weighted by Gasteiger charge is -2.35. The third kappa shape index (κ3) is 10.2. The number of hydrogen-bond acceptors (Lipinski definition) is 4. The molecule has 0 radical (unpaired) electrons. The Morgan fingerprint density at radius 2 is 1.57 bits per heavy atom. The highest BCUT2D eigenvalue weighted by Crippen LogP contribution is 2.34. The molecule has 3 aliphatic carbocycles. The quantitative estimate of drug-likeness (QED) is 0.441. The number of carboxylic acids is 1. The number of thiophene rings is 1. The molecule has 4 nitrogen and oxygen atoms in total. The molecule has 2 fully saturated rings. The van der Waals surface area contributed by atoms with Crippen molar-refractivity contribution < 1.29 is 19.0 Å². The van der Waals surface area contributed by atoms with Crippen LogP contribution < -0.4 is 4.90 Å². The van der Waals surface area contributed by atoms with Crippen LogP contribution in [0.4, 0.5) is 10.1 Å². The maximum atomic E-state index is 12.2. The van der Waals surface area contributed by atoms with Gasteiger partial charge in [0.15, 0.2) is 0 Å². The van der Waals surface area contributed by atoms with Gasteiger partial charge in [-0.05, 0) is 75.7 Å². The fourth-order valence-corrected chi connectivity index (χ4v) is 6.03. The van der Waals surface area contributed by atoms with E-state index in [1.165, 1.54) is 37.0 Å². The van der Waals surface area contributed by atoms with Crippen molar-refractivity contribution in [2.75, 3.05) is 19.1 Å². The minimum Gasteiger partial charge on any atom is -0.477 e. The van der Waals surface area contributed by atoms with E-state index in [0.717, 1.165) is 60.9 Å². The minimum absolute atomic E-state index is 0.0862. The Kier molecular flexibility index (Phi) is 12.8. The first-order chi connectivity index (χ1) is 16.6. The Balaban J connectivity index is 0.000000221. The number of carboxylic acid groups (broad SMARTS) is 1. The lowest BCUT2D eigenvalue weighted by Crippen LogP contribution is -2.37. The number of methoxy groups -OCH3 is 1. The van der Waals surface area contributed by atoms with Crippen LogP contribution in [-0.4, -0.2) is 37.4 Å². The zero-order chi connectivity index (χ0) is 26.0. The molecule has 0 aromatic carbocycles. The van der Waals surface area contributed by atoms with Crippen molar-refractivity contribution in [2.24, 2.45) is 17.8 Å². The Morgan fingerprint density at radius 1 is 1.00 bits per heavy atom. The van der Waals surface area contributed by atoms with Crippen molar-refractivity contribution in [3.63, 3.8) is 0 Å². The SMILES string of the molecule is CC1CC=C(F)CC1.CC1CCC(C)CC1.COC1CCC(N(C)c2cc(C)sc2C(=O)O)CC1. The Bertz CT molecular complexity index is 782. The van der Waals surface area contributed by atoms with Crippen LogP contribution in [0.15, 0.2) is 18.0 Å². The van der Waals surface area contributed by atoms with Gasteiger partial charge in [0, 0.05) is 25.1 Å². The first-order valence-electron chi connectivity index (χ1n) is 13.5. The third-order valence-electron chi connectivity index (χ3n) is 7.86. The number of rotatable bonds is 4. The van der Waals surface area contributed by atoms with Crippen LogP contribution in [0.25, 0.3) is 0 Å². The maximum Gasteiger partial charge on any atom is 0.348 e. The highest BCUT2D eigenvalue weighted by Gasteiger charge is 2.27. The van der Waals surface area contributed by atoms with Crippen LogP contribution in [0.3, 0.4) is 0 Å². The second-order valence-electron chi connectivity index (χ2n) is 11.0. The molecule has 2 saturated carbocycles. The number of halogens is 1. The van der Waals surface area contributed by atoms with E-state index in [4.69, 9.17) is 4.74 Å². The van der Waals surface area contributed by atoms with Crippen molar-refractivity contribution in [3.05, 3.63) is 27.7 Å². The van der Waals surface area contributed by atoms with Crippen molar-refractivity contribution in [1.82, 2.24) is 0 Å². The number of nitrogens with zero attached hydrogens (tertiary/aromatic N) is 1. The molecule has 1 heterocycles. The number of carbonyl (C=O) groups is 1. The van der Waals surface area contributed by atoms with E-state index in [9.17, 15) is 14.3 Å². The summed E-state index contributed by atoms with van der Waals surface area (Å²) >= 11 is 1.35. The van der Waals surface area contributed by atoms with E-state index in [-0.39, 0.29) is 5.83 Å². The van der Waals surface area contributed by atoms with E-state index in [1.54, 1.807) is 13.2 Å². The molecule has 35 heavy (non-hydrogen) atoms. The van der Waals surface area contributed by atoms with Gasteiger partial charge < -0.3 is 14.7 Å². The molecule has 1 aromatic heterocycles. The topological polar surface area (TPSA) is 49.8 Å². The molecule has 0 saturated heterocycles. The Morgan fingerprint density at radius 3 is 2.00 bits per heavy atom. The van der Waals surface area contributed by atoms with Crippen LogP contribution in [0.2, 0.25) is 0 Å². The van der Waals surface area contributed by atoms with Crippen LogP contribution in [0.5, 0.6) is 0 Å². The second-order valence-corrected chi connectivity index (χ2v) is 12.3. The predicted molar refractivity (Wildman–Crippen MR) is 146 cm³/mol. The number of ether oxygens (including phenoxy) is 1. The van der Waals surface area contributed by atoms with Gasteiger partial charge in [0.05, 0.1) is 17.6 Å². The molecule has 1 unspecified atom stereocenters. The molecule has 0 bridgehead atoms. The number of allylic oxidation sites excluding steroid dienone is 2. The van der Waals surface area contributed by atoms with Crippen molar-refractivity contribution >= 4 is 23.0 Å². The lowest BCUT2D eigenvalue weighted by atomic mass is 9.84. The molecule has 0 spiro atoms. The number of aromatic carboxylic acids is 1. The molecule has 1 aromatic rings. The summed E-state index contributed by atoms with van der Waals surface area (Å²) in [5.41, 5.74) is 0.857. The van der Waals surface area contributed by atoms with Crippen LogP contribution in [0.1, 0.15) is 106 Å². The fraction of sp³-hybridized carbons (Fsp3) is 0.759. The number of aryl methyl sites for hydroxylation is 1. The van der Waals surface area contributed by atoms with E-state index >= 15 is 0 Å². The zero-order valence-corrected chi connectivity index (χ0v) is 23.6. The minimum atomic E-state index is -0.828. The van der Waals surface area contributed by atoms with E-state index in [1.807, 2.05) is 20.0 Å². The molecule has 6 heteroatoms. The highest BCUT2D eigenvalue weighted by molar-refractivity contribution is 7.14. The first-order valence-corrected chi connectivity index (χ1v) is 14.4. The van der Waals surface area contributed by atoms with Gasteiger partial charge in [-0.2, -0.15) is 0 Å². The van der Waals surface area contributed by atoms with Crippen molar-refractivity contribution in [3.8, 4) is 0 Å². The maximum absolute atomic E-state index is 12.2. The van der Waals surface area contributed by atoms with Crippen molar-refractivity contribution in [1.29, 1.82) is 0 Å². The molecular formula is C29H48FNO3S. The lowest BCUT2D eigenvalue weighted by molar-refractivity contribution is 0.0656. The summed E-state index contributed by atoms with van der Waals surface area (Å²) in [5, 5.41) is 9.27. The monoisotopic (exact) mass is 509 g/mol. The first kappa shape index (κ1) is 29.8. The summed E-state index contributed by atoms with van der Waals surface area (Å²) in [6.07, 6.45) is 14.8. The van der Waals surface area contributed by atoms with Gasteiger partial charge in [-0.25, -0.2) is 9.18 Å². The fourth-order valence-electron chi connectivity index (χ4n) is 5.14. The normalized spacial score (nSPS) is 28.5. The van der Waals surface area contributed by atoms with Gasteiger partial charge in [0.2, 0.25) is 0 Å². The van der Waals surface area contributed by atoms with Crippen LogP contribution >= 0.6 is 11.3 Å².